The molecule has 0 atom stereocenters. The molecule has 1 amide bonds. The van der Waals surface area contributed by atoms with Crippen LogP contribution in [-0.2, 0) is 11.3 Å². The highest BCUT2D eigenvalue weighted by molar-refractivity contribution is 5.87. The third-order valence-corrected chi connectivity index (χ3v) is 2.64. The van der Waals surface area contributed by atoms with Crippen LogP contribution in [0.2, 0.25) is 0 Å². The van der Waals surface area contributed by atoms with Gasteiger partial charge in [-0.3, -0.25) is 9.69 Å². The maximum absolute atomic E-state index is 10.9. The number of pyridine rings is 1. The predicted octanol–water partition coefficient (Wildman–Crippen LogP) is 1.49. The number of amides is 1. The zero-order chi connectivity index (χ0) is 11.5. The van der Waals surface area contributed by atoms with Gasteiger partial charge in [0.2, 0.25) is 5.91 Å². The van der Waals surface area contributed by atoms with Gasteiger partial charge in [-0.1, -0.05) is 13.0 Å². The lowest BCUT2D eigenvalue weighted by molar-refractivity contribution is -0.114. The van der Waals surface area contributed by atoms with Crippen LogP contribution in [0.25, 0.3) is 0 Å². The van der Waals surface area contributed by atoms with Gasteiger partial charge in [-0.05, 0) is 18.1 Å². The van der Waals surface area contributed by atoms with Crippen molar-refractivity contribution in [2.45, 2.75) is 20.4 Å². The Kier molecular flexibility index (Phi) is 3.19. The Morgan fingerprint density at radius 2 is 2.31 bits per heavy atom. The summed E-state index contributed by atoms with van der Waals surface area (Å²) in [5.74, 6) is 1.36. The second-order valence-corrected chi connectivity index (χ2v) is 4.49. The first-order valence-electron chi connectivity index (χ1n) is 5.59. The average molecular weight is 219 g/mol. The fourth-order valence-corrected chi connectivity index (χ4v) is 2.00. The highest BCUT2D eigenvalue weighted by Gasteiger charge is 2.22. The number of carbonyl (C=O) groups excluding carboxylic acids is 1. The van der Waals surface area contributed by atoms with Gasteiger partial charge in [0.15, 0.2) is 0 Å². The summed E-state index contributed by atoms with van der Waals surface area (Å²) in [6, 6.07) is 5.73. The Hall–Kier alpha value is -1.42. The Bertz CT molecular complexity index is 386. The molecule has 1 aromatic heterocycles. The molecule has 0 saturated carbocycles. The summed E-state index contributed by atoms with van der Waals surface area (Å²) in [6.45, 7) is 6.90. The van der Waals surface area contributed by atoms with E-state index in [4.69, 9.17) is 0 Å². The van der Waals surface area contributed by atoms with E-state index in [1.54, 1.807) is 0 Å². The molecule has 0 aliphatic carbocycles. The quantitative estimate of drug-likeness (QED) is 0.837. The number of anilines is 1. The summed E-state index contributed by atoms with van der Waals surface area (Å²) in [4.78, 5) is 17.6. The lowest BCUT2D eigenvalue weighted by Crippen LogP contribution is -2.44. The van der Waals surface area contributed by atoms with Crippen LogP contribution in [-0.4, -0.2) is 28.9 Å². The van der Waals surface area contributed by atoms with E-state index >= 15 is 0 Å². The molecular weight excluding hydrogens is 202 g/mol. The topological polar surface area (TPSA) is 45.2 Å². The van der Waals surface area contributed by atoms with Gasteiger partial charge in [0.25, 0.3) is 0 Å². The van der Waals surface area contributed by atoms with E-state index in [2.05, 4.69) is 22.1 Å². The van der Waals surface area contributed by atoms with Crippen molar-refractivity contribution in [1.82, 2.24) is 9.88 Å². The number of carbonyl (C=O) groups is 1. The molecule has 16 heavy (non-hydrogen) atoms. The van der Waals surface area contributed by atoms with Crippen molar-refractivity contribution in [3.8, 4) is 0 Å². The molecule has 2 rings (SSSR count). The molecule has 4 heteroatoms. The first-order chi connectivity index (χ1) is 7.63. The number of hydrogen-bond donors (Lipinski definition) is 1. The SMILES string of the molecule is CC(=O)Nc1cccc(CN2CC(C)C2)n1. The third kappa shape index (κ3) is 2.79. The van der Waals surface area contributed by atoms with Crippen molar-refractivity contribution in [2.24, 2.45) is 5.92 Å². The van der Waals surface area contributed by atoms with Crippen LogP contribution in [0.15, 0.2) is 18.2 Å². The average Bonchev–Trinajstić information content (AvgIpc) is 2.15. The van der Waals surface area contributed by atoms with Crippen molar-refractivity contribution < 1.29 is 4.79 Å². The summed E-state index contributed by atoms with van der Waals surface area (Å²) >= 11 is 0. The molecule has 0 aromatic carbocycles. The van der Waals surface area contributed by atoms with Gasteiger partial charge in [-0.25, -0.2) is 4.98 Å². The molecule has 1 aliphatic heterocycles. The molecule has 0 spiro atoms. The number of nitrogens with zero attached hydrogens (tertiary/aromatic N) is 2. The van der Waals surface area contributed by atoms with Gasteiger partial charge in [0, 0.05) is 26.6 Å². The van der Waals surface area contributed by atoms with E-state index in [1.807, 2.05) is 18.2 Å². The normalized spacial score (nSPS) is 16.9. The molecule has 4 nitrogen and oxygen atoms in total. The fourth-order valence-electron chi connectivity index (χ4n) is 2.00. The highest BCUT2D eigenvalue weighted by atomic mass is 16.1. The molecule has 1 N–H and O–H groups in total. The highest BCUT2D eigenvalue weighted by Crippen LogP contribution is 2.17. The number of nitrogens with one attached hydrogen (secondary N) is 1. The molecule has 86 valence electrons. The zero-order valence-corrected chi connectivity index (χ0v) is 9.73. The second-order valence-electron chi connectivity index (χ2n) is 4.49. The maximum atomic E-state index is 10.9. The summed E-state index contributed by atoms with van der Waals surface area (Å²) < 4.78 is 0. The number of likely N-dealkylation sites (tertiary alicyclic amines) is 1. The Morgan fingerprint density at radius 3 is 2.94 bits per heavy atom. The van der Waals surface area contributed by atoms with Crippen LogP contribution in [0.4, 0.5) is 5.82 Å². The summed E-state index contributed by atoms with van der Waals surface area (Å²) in [5.41, 5.74) is 1.01. The van der Waals surface area contributed by atoms with Crippen molar-refractivity contribution in [1.29, 1.82) is 0 Å². The minimum absolute atomic E-state index is 0.0813. The summed E-state index contributed by atoms with van der Waals surface area (Å²) in [5, 5.41) is 2.69. The zero-order valence-electron chi connectivity index (χ0n) is 9.73. The Labute approximate surface area is 95.7 Å². The smallest absolute Gasteiger partial charge is 0.222 e. The van der Waals surface area contributed by atoms with E-state index in [9.17, 15) is 4.79 Å². The largest absolute Gasteiger partial charge is 0.311 e. The van der Waals surface area contributed by atoms with Crippen LogP contribution in [0.3, 0.4) is 0 Å². The van der Waals surface area contributed by atoms with Crippen LogP contribution in [0, 0.1) is 5.92 Å². The van der Waals surface area contributed by atoms with Crippen LogP contribution < -0.4 is 5.32 Å². The van der Waals surface area contributed by atoms with E-state index in [0.717, 1.165) is 31.2 Å². The molecular formula is C12H17N3O. The lowest BCUT2D eigenvalue weighted by Gasteiger charge is -2.36. The predicted molar refractivity (Wildman–Crippen MR) is 63.0 cm³/mol. The Morgan fingerprint density at radius 1 is 1.56 bits per heavy atom. The van der Waals surface area contributed by atoms with E-state index in [1.165, 1.54) is 6.92 Å². The lowest BCUT2D eigenvalue weighted by atomic mass is 10.0. The molecule has 1 aromatic rings. The van der Waals surface area contributed by atoms with Crippen LogP contribution in [0.1, 0.15) is 19.5 Å². The standard InChI is InChI=1S/C12H17N3O/c1-9-6-15(7-9)8-11-4-3-5-12(14-11)13-10(2)16/h3-5,9H,6-8H2,1-2H3,(H,13,14,16). The van der Waals surface area contributed by atoms with Gasteiger partial charge in [-0.15, -0.1) is 0 Å². The van der Waals surface area contributed by atoms with Gasteiger partial charge in [0.05, 0.1) is 5.69 Å². The molecule has 1 fully saturated rings. The van der Waals surface area contributed by atoms with Gasteiger partial charge in [-0.2, -0.15) is 0 Å². The first-order valence-corrected chi connectivity index (χ1v) is 5.59. The molecule has 0 unspecified atom stereocenters. The maximum Gasteiger partial charge on any atom is 0.222 e. The minimum atomic E-state index is -0.0813. The molecule has 0 radical (unpaired) electrons. The molecule has 2 heterocycles. The third-order valence-electron chi connectivity index (χ3n) is 2.64. The number of hydrogen-bond acceptors (Lipinski definition) is 3. The van der Waals surface area contributed by atoms with Crippen LogP contribution >= 0.6 is 0 Å². The number of rotatable bonds is 3. The van der Waals surface area contributed by atoms with E-state index in [-0.39, 0.29) is 5.91 Å². The number of aromatic nitrogens is 1. The van der Waals surface area contributed by atoms with Crippen molar-refractivity contribution in [2.75, 3.05) is 18.4 Å². The van der Waals surface area contributed by atoms with E-state index < -0.39 is 0 Å². The minimum Gasteiger partial charge on any atom is -0.311 e. The van der Waals surface area contributed by atoms with Gasteiger partial charge >= 0.3 is 0 Å². The van der Waals surface area contributed by atoms with Crippen molar-refractivity contribution >= 4 is 11.7 Å². The second kappa shape index (κ2) is 4.61. The van der Waals surface area contributed by atoms with E-state index in [0.29, 0.717) is 5.82 Å². The summed E-state index contributed by atoms with van der Waals surface area (Å²) in [7, 11) is 0. The molecule has 1 aliphatic rings. The van der Waals surface area contributed by atoms with Crippen molar-refractivity contribution in [3.63, 3.8) is 0 Å². The Balaban J connectivity index is 1.96. The summed E-state index contributed by atoms with van der Waals surface area (Å²) in [6.07, 6.45) is 0. The monoisotopic (exact) mass is 219 g/mol. The van der Waals surface area contributed by atoms with Crippen molar-refractivity contribution in [3.05, 3.63) is 23.9 Å². The fraction of sp³-hybridized carbons (Fsp3) is 0.500. The molecule has 1 saturated heterocycles. The first kappa shape index (κ1) is 11.1. The van der Waals surface area contributed by atoms with Crippen LogP contribution in [0.5, 0.6) is 0 Å². The van der Waals surface area contributed by atoms with Gasteiger partial charge in [0.1, 0.15) is 5.82 Å². The molecule has 0 bridgehead atoms. The van der Waals surface area contributed by atoms with Gasteiger partial charge < -0.3 is 5.32 Å².